The largest absolute Gasteiger partial charge is 0.492 e. The number of benzene rings is 1. The quantitative estimate of drug-likeness (QED) is 0.612. The number of aromatic nitrogens is 1. The highest BCUT2D eigenvalue weighted by atomic mass is 79.9. The van der Waals surface area contributed by atoms with E-state index in [0.717, 1.165) is 40.9 Å². The number of halogens is 1. The summed E-state index contributed by atoms with van der Waals surface area (Å²) in [6.45, 7) is 7.66. The summed E-state index contributed by atoms with van der Waals surface area (Å²) in [5.41, 5.74) is 2.87. The number of fused-ring (bicyclic) bond motifs is 2. The molecule has 2 atom stereocenters. The summed E-state index contributed by atoms with van der Waals surface area (Å²) in [4.78, 5) is 21.9. The number of nitrogens with zero attached hydrogens (tertiary/aromatic N) is 3. The lowest BCUT2D eigenvalue weighted by Crippen LogP contribution is -2.51. The van der Waals surface area contributed by atoms with E-state index in [1.54, 1.807) is 0 Å². The normalized spacial score (nSPS) is 20.6. The molecule has 2 aliphatic rings. The zero-order chi connectivity index (χ0) is 22.2. The van der Waals surface area contributed by atoms with E-state index < -0.39 is 5.60 Å². The van der Waals surface area contributed by atoms with Gasteiger partial charge in [0.25, 0.3) is 0 Å². The van der Waals surface area contributed by atoms with Gasteiger partial charge in [-0.1, -0.05) is 28.1 Å². The minimum absolute atomic E-state index is 0.000979. The molecule has 2 aromatic rings. The molecule has 1 aromatic heterocycles. The fourth-order valence-corrected chi connectivity index (χ4v) is 4.99. The lowest BCUT2D eigenvalue weighted by atomic mass is 9.93. The third kappa shape index (κ3) is 4.88. The molecule has 0 radical (unpaired) electrons. The average Bonchev–Trinajstić information content (AvgIpc) is 2.72. The van der Waals surface area contributed by atoms with Crippen molar-refractivity contribution < 1.29 is 14.3 Å². The zero-order valence-electron chi connectivity index (χ0n) is 18.6. The number of hydrogen-bond donors (Lipinski definition) is 0. The number of carbonyl (C=O) groups is 1. The molecule has 0 aliphatic carbocycles. The molecule has 0 spiro atoms. The number of ether oxygens (including phenoxy) is 2. The fraction of sp³-hybridized carbons (Fsp3) is 0.500. The number of likely N-dealkylation sites (N-methyl/N-ethyl adjacent to an activating group) is 1. The molecule has 0 saturated carbocycles. The molecule has 2 aliphatic heterocycles. The van der Waals surface area contributed by atoms with Crippen LogP contribution in [0, 0.1) is 0 Å². The molecule has 1 aromatic carbocycles. The smallest absolute Gasteiger partial charge is 0.410 e. The zero-order valence-corrected chi connectivity index (χ0v) is 20.2. The van der Waals surface area contributed by atoms with E-state index in [9.17, 15) is 4.79 Å². The SMILES string of the molecule is CN(C[C@H]1Cc2c(Br)cccc2CN1C(=O)OC(C)(C)C)[C@H]1CCOc2cccnc21. The van der Waals surface area contributed by atoms with Crippen LogP contribution in [0.4, 0.5) is 4.79 Å². The van der Waals surface area contributed by atoms with Crippen LogP contribution in [0.2, 0.25) is 0 Å². The van der Waals surface area contributed by atoms with E-state index in [1.807, 2.05) is 50.1 Å². The highest BCUT2D eigenvalue weighted by Gasteiger charge is 2.36. The van der Waals surface area contributed by atoms with E-state index in [0.29, 0.717) is 13.2 Å². The van der Waals surface area contributed by atoms with Crippen molar-refractivity contribution in [1.82, 2.24) is 14.8 Å². The predicted octanol–water partition coefficient (Wildman–Crippen LogP) is 4.96. The van der Waals surface area contributed by atoms with Gasteiger partial charge in [-0.25, -0.2) is 4.79 Å². The van der Waals surface area contributed by atoms with Crippen LogP contribution in [0.3, 0.4) is 0 Å². The molecule has 0 fully saturated rings. The monoisotopic (exact) mass is 487 g/mol. The molecular formula is C24H30BrN3O3. The number of rotatable bonds is 3. The Labute approximate surface area is 192 Å². The Balaban J connectivity index is 1.59. The summed E-state index contributed by atoms with van der Waals surface area (Å²) in [5.74, 6) is 0.853. The van der Waals surface area contributed by atoms with Crippen molar-refractivity contribution in [2.45, 2.75) is 57.8 Å². The summed E-state index contributed by atoms with van der Waals surface area (Å²) >= 11 is 3.70. The first-order valence-corrected chi connectivity index (χ1v) is 11.6. The van der Waals surface area contributed by atoms with E-state index in [-0.39, 0.29) is 18.2 Å². The predicted molar refractivity (Wildman–Crippen MR) is 123 cm³/mol. The van der Waals surface area contributed by atoms with Gasteiger partial charge in [0, 0.05) is 30.2 Å². The summed E-state index contributed by atoms with van der Waals surface area (Å²) in [7, 11) is 2.11. The number of amides is 1. The topological polar surface area (TPSA) is 54.9 Å². The van der Waals surface area contributed by atoms with Crippen LogP contribution < -0.4 is 4.74 Å². The number of pyridine rings is 1. The van der Waals surface area contributed by atoms with Gasteiger partial charge in [-0.05, 0) is 63.6 Å². The molecule has 0 N–H and O–H groups in total. The molecule has 4 rings (SSSR count). The van der Waals surface area contributed by atoms with E-state index in [1.165, 1.54) is 5.56 Å². The Morgan fingerprint density at radius 3 is 2.90 bits per heavy atom. The molecule has 1 amide bonds. The second-order valence-corrected chi connectivity index (χ2v) is 10.2. The Morgan fingerprint density at radius 1 is 1.32 bits per heavy atom. The van der Waals surface area contributed by atoms with Gasteiger partial charge in [-0.15, -0.1) is 0 Å². The van der Waals surface area contributed by atoms with Gasteiger partial charge in [0.15, 0.2) is 0 Å². The molecule has 31 heavy (non-hydrogen) atoms. The fourth-order valence-electron chi connectivity index (χ4n) is 4.42. The minimum atomic E-state index is -0.533. The maximum atomic E-state index is 13.1. The Bertz CT molecular complexity index is 959. The van der Waals surface area contributed by atoms with E-state index in [4.69, 9.17) is 9.47 Å². The van der Waals surface area contributed by atoms with Crippen LogP contribution in [0.25, 0.3) is 0 Å². The van der Waals surface area contributed by atoms with Crippen molar-refractivity contribution in [3.05, 3.63) is 57.8 Å². The van der Waals surface area contributed by atoms with Crippen molar-refractivity contribution in [1.29, 1.82) is 0 Å². The first-order chi connectivity index (χ1) is 14.7. The molecular weight excluding hydrogens is 458 g/mol. The van der Waals surface area contributed by atoms with E-state index >= 15 is 0 Å². The first-order valence-electron chi connectivity index (χ1n) is 10.8. The lowest BCUT2D eigenvalue weighted by molar-refractivity contribution is 0.00580. The maximum Gasteiger partial charge on any atom is 0.410 e. The Kier molecular flexibility index (Phi) is 6.26. The van der Waals surface area contributed by atoms with Gasteiger partial charge < -0.3 is 9.47 Å². The minimum Gasteiger partial charge on any atom is -0.492 e. The maximum absolute atomic E-state index is 13.1. The van der Waals surface area contributed by atoms with Crippen molar-refractivity contribution >= 4 is 22.0 Å². The molecule has 0 unspecified atom stereocenters. The summed E-state index contributed by atoms with van der Waals surface area (Å²) < 4.78 is 12.6. The van der Waals surface area contributed by atoms with Gasteiger partial charge in [-0.3, -0.25) is 14.8 Å². The van der Waals surface area contributed by atoms with Crippen molar-refractivity contribution in [3.63, 3.8) is 0 Å². The van der Waals surface area contributed by atoms with Gasteiger partial charge in [0.2, 0.25) is 0 Å². The van der Waals surface area contributed by atoms with Crippen LogP contribution >= 0.6 is 15.9 Å². The van der Waals surface area contributed by atoms with Gasteiger partial charge >= 0.3 is 6.09 Å². The Hall–Kier alpha value is -2.12. The lowest BCUT2D eigenvalue weighted by Gasteiger charge is -2.41. The summed E-state index contributed by atoms with van der Waals surface area (Å²) in [6, 6.07) is 10.2. The molecule has 166 valence electrons. The van der Waals surface area contributed by atoms with Crippen LogP contribution in [-0.4, -0.2) is 52.7 Å². The molecule has 0 saturated heterocycles. The van der Waals surface area contributed by atoms with Crippen LogP contribution in [0.1, 0.15) is 50.1 Å². The second-order valence-electron chi connectivity index (χ2n) is 9.32. The molecule has 0 bridgehead atoms. The molecule has 3 heterocycles. The van der Waals surface area contributed by atoms with Crippen LogP contribution in [0.15, 0.2) is 41.0 Å². The van der Waals surface area contributed by atoms with E-state index in [2.05, 4.69) is 45.0 Å². The highest BCUT2D eigenvalue weighted by Crippen LogP contribution is 2.35. The first kappa shape index (κ1) is 22.1. The number of hydrogen-bond acceptors (Lipinski definition) is 5. The van der Waals surface area contributed by atoms with Crippen molar-refractivity contribution in [2.75, 3.05) is 20.2 Å². The average molecular weight is 488 g/mol. The molecule has 7 heteroatoms. The third-order valence-electron chi connectivity index (χ3n) is 5.86. The second kappa shape index (κ2) is 8.79. The summed E-state index contributed by atoms with van der Waals surface area (Å²) in [5, 5.41) is 0. The van der Waals surface area contributed by atoms with Crippen molar-refractivity contribution in [2.24, 2.45) is 0 Å². The van der Waals surface area contributed by atoms with Gasteiger partial charge in [0.05, 0.1) is 24.4 Å². The standard InChI is InChI=1S/C24H30BrN3O3/c1-24(2,3)31-23(29)28-14-16-7-5-8-19(25)18(16)13-17(28)15-27(4)20-10-12-30-21-9-6-11-26-22(20)21/h5-9,11,17,20H,10,12-15H2,1-4H3/t17-,20+/m1/s1. The molecule has 6 nitrogen and oxygen atoms in total. The number of carbonyl (C=O) groups excluding carboxylic acids is 1. The summed E-state index contributed by atoms with van der Waals surface area (Å²) in [6.07, 6.45) is 3.20. The highest BCUT2D eigenvalue weighted by molar-refractivity contribution is 9.10. The van der Waals surface area contributed by atoms with Crippen LogP contribution in [0.5, 0.6) is 5.75 Å². The van der Waals surface area contributed by atoms with Gasteiger partial charge in [-0.2, -0.15) is 0 Å². The van der Waals surface area contributed by atoms with Crippen LogP contribution in [-0.2, 0) is 17.7 Å². The van der Waals surface area contributed by atoms with Gasteiger partial charge in [0.1, 0.15) is 11.4 Å². The Morgan fingerprint density at radius 2 is 2.13 bits per heavy atom. The van der Waals surface area contributed by atoms with Crippen molar-refractivity contribution in [3.8, 4) is 5.75 Å². The third-order valence-corrected chi connectivity index (χ3v) is 6.60.